The van der Waals surface area contributed by atoms with Crippen LogP contribution in [0.5, 0.6) is 0 Å². The maximum Gasteiger partial charge on any atom is 0.222 e. The van der Waals surface area contributed by atoms with Crippen LogP contribution in [0, 0.1) is 5.92 Å². The van der Waals surface area contributed by atoms with E-state index in [1.807, 2.05) is 4.90 Å². The van der Waals surface area contributed by atoms with Crippen LogP contribution >= 0.6 is 12.2 Å². The van der Waals surface area contributed by atoms with Gasteiger partial charge in [0.2, 0.25) is 5.91 Å². The van der Waals surface area contributed by atoms with E-state index in [4.69, 9.17) is 18.0 Å². The first kappa shape index (κ1) is 11.4. The predicted molar refractivity (Wildman–Crippen MR) is 61.0 cm³/mol. The number of unbranched alkanes of at least 4 members (excludes halogenated alkanes) is 1. The number of nitrogens with zero attached hydrogens (tertiary/aromatic N) is 1. The van der Waals surface area contributed by atoms with Crippen LogP contribution in [0.25, 0.3) is 0 Å². The molecule has 0 bridgehead atoms. The number of carbonyl (C=O) groups excluding carboxylic acids is 1. The molecule has 1 heterocycles. The van der Waals surface area contributed by atoms with Gasteiger partial charge >= 0.3 is 0 Å². The zero-order valence-electron chi connectivity index (χ0n) is 8.66. The first-order chi connectivity index (χ1) is 6.59. The number of likely N-dealkylation sites (tertiary alicyclic amines) is 1. The normalized spacial score (nSPS) is 21.6. The molecule has 1 amide bonds. The van der Waals surface area contributed by atoms with Crippen molar-refractivity contribution in [3.05, 3.63) is 0 Å². The van der Waals surface area contributed by atoms with Crippen LogP contribution in [0.2, 0.25) is 0 Å². The molecule has 1 fully saturated rings. The van der Waals surface area contributed by atoms with E-state index in [9.17, 15) is 4.79 Å². The molecule has 14 heavy (non-hydrogen) atoms. The summed E-state index contributed by atoms with van der Waals surface area (Å²) in [5.74, 6) is 0.825. The lowest BCUT2D eigenvalue weighted by molar-refractivity contribution is -0.127. The maximum absolute atomic E-state index is 11.4. The van der Waals surface area contributed by atoms with Crippen LogP contribution in [0.15, 0.2) is 0 Å². The fourth-order valence-electron chi connectivity index (χ4n) is 1.79. The van der Waals surface area contributed by atoms with Crippen molar-refractivity contribution < 1.29 is 4.79 Å². The summed E-state index contributed by atoms with van der Waals surface area (Å²) in [4.78, 5) is 13.9. The number of carbonyl (C=O) groups is 1. The monoisotopic (exact) mass is 214 g/mol. The number of nitrogens with two attached hydrogens (primary N) is 1. The highest BCUT2D eigenvalue weighted by atomic mass is 32.1. The Hall–Kier alpha value is -0.640. The number of amides is 1. The van der Waals surface area contributed by atoms with Crippen LogP contribution in [0.3, 0.4) is 0 Å². The molecule has 1 saturated heterocycles. The molecule has 1 atom stereocenters. The lowest BCUT2D eigenvalue weighted by atomic mass is 10.2. The summed E-state index contributed by atoms with van der Waals surface area (Å²) in [5, 5.41) is 0. The third-order valence-electron chi connectivity index (χ3n) is 2.51. The minimum absolute atomic E-state index is 0.299. The van der Waals surface area contributed by atoms with Crippen molar-refractivity contribution in [2.24, 2.45) is 11.7 Å². The van der Waals surface area contributed by atoms with Gasteiger partial charge < -0.3 is 10.6 Å². The molecule has 1 aliphatic heterocycles. The van der Waals surface area contributed by atoms with Crippen LogP contribution in [0.1, 0.15) is 32.6 Å². The van der Waals surface area contributed by atoms with Gasteiger partial charge in [-0.2, -0.15) is 0 Å². The standard InChI is InChI=1S/C10H18N2OS/c1-8-6-10(13)12(7-8)5-3-2-4-9(11)14/h8H,2-7H2,1H3,(H2,11,14). The van der Waals surface area contributed by atoms with Gasteiger partial charge in [0.05, 0.1) is 4.99 Å². The van der Waals surface area contributed by atoms with Gasteiger partial charge in [-0.25, -0.2) is 0 Å². The van der Waals surface area contributed by atoms with Gasteiger partial charge in [0.15, 0.2) is 0 Å². The van der Waals surface area contributed by atoms with E-state index in [1.54, 1.807) is 0 Å². The molecule has 0 spiro atoms. The second-order valence-electron chi connectivity index (χ2n) is 4.07. The summed E-state index contributed by atoms with van der Waals surface area (Å²) >= 11 is 4.78. The molecule has 3 nitrogen and oxygen atoms in total. The van der Waals surface area contributed by atoms with Crippen molar-refractivity contribution in [2.75, 3.05) is 13.1 Å². The van der Waals surface area contributed by atoms with E-state index in [-0.39, 0.29) is 0 Å². The Labute approximate surface area is 90.6 Å². The molecule has 1 unspecified atom stereocenters. The second-order valence-corrected chi connectivity index (χ2v) is 4.60. The Kier molecular flexibility index (Phi) is 4.32. The van der Waals surface area contributed by atoms with Crippen molar-refractivity contribution in [3.63, 3.8) is 0 Å². The molecule has 0 saturated carbocycles. The summed E-state index contributed by atoms with van der Waals surface area (Å²) in [7, 11) is 0. The molecule has 0 aromatic heterocycles. The Morgan fingerprint density at radius 2 is 2.36 bits per heavy atom. The molecule has 0 aromatic rings. The quantitative estimate of drug-likeness (QED) is 0.554. The van der Waals surface area contributed by atoms with Crippen molar-refractivity contribution in [1.82, 2.24) is 4.90 Å². The largest absolute Gasteiger partial charge is 0.393 e. The second kappa shape index (κ2) is 5.29. The summed E-state index contributed by atoms with van der Waals surface area (Å²) in [5.41, 5.74) is 5.39. The Balaban J connectivity index is 2.13. The molecule has 0 aromatic carbocycles. The molecule has 2 N–H and O–H groups in total. The highest BCUT2D eigenvalue weighted by Gasteiger charge is 2.25. The molecule has 80 valence electrons. The summed E-state index contributed by atoms with van der Waals surface area (Å²) in [6, 6.07) is 0. The van der Waals surface area contributed by atoms with E-state index >= 15 is 0 Å². The Morgan fingerprint density at radius 3 is 2.86 bits per heavy atom. The lowest BCUT2D eigenvalue weighted by Gasteiger charge is -2.15. The SMILES string of the molecule is CC1CC(=O)N(CCCCC(N)=S)C1. The first-order valence-electron chi connectivity index (χ1n) is 5.15. The Morgan fingerprint density at radius 1 is 1.64 bits per heavy atom. The summed E-state index contributed by atoms with van der Waals surface area (Å²) in [6.07, 6.45) is 3.52. The number of thiocarbonyl (C=S) groups is 1. The van der Waals surface area contributed by atoms with Crippen LogP contribution < -0.4 is 5.73 Å². The van der Waals surface area contributed by atoms with Crippen LogP contribution in [-0.2, 0) is 4.79 Å². The van der Waals surface area contributed by atoms with E-state index in [0.717, 1.165) is 38.8 Å². The minimum atomic E-state index is 0.299. The van der Waals surface area contributed by atoms with Gasteiger partial charge in [-0.15, -0.1) is 0 Å². The van der Waals surface area contributed by atoms with Gasteiger partial charge in [0.25, 0.3) is 0 Å². The molecular weight excluding hydrogens is 196 g/mol. The summed E-state index contributed by atoms with van der Waals surface area (Å²) < 4.78 is 0. The van der Waals surface area contributed by atoms with Gasteiger partial charge in [-0.05, 0) is 25.2 Å². The van der Waals surface area contributed by atoms with Gasteiger partial charge in [-0.3, -0.25) is 4.79 Å². The molecule has 1 rings (SSSR count). The van der Waals surface area contributed by atoms with Gasteiger partial charge in [-0.1, -0.05) is 19.1 Å². The van der Waals surface area contributed by atoms with Crippen LogP contribution in [0.4, 0.5) is 0 Å². The smallest absolute Gasteiger partial charge is 0.222 e. The molecule has 4 heteroatoms. The van der Waals surface area contributed by atoms with Crippen LogP contribution in [-0.4, -0.2) is 28.9 Å². The predicted octanol–water partition coefficient (Wildman–Crippen LogP) is 1.31. The summed E-state index contributed by atoms with van der Waals surface area (Å²) in [6.45, 7) is 3.91. The molecule has 0 radical (unpaired) electrons. The third kappa shape index (κ3) is 3.62. The average molecular weight is 214 g/mol. The zero-order chi connectivity index (χ0) is 10.6. The van der Waals surface area contributed by atoms with E-state index in [0.29, 0.717) is 16.8 Å². The van der Waals surface area contributed by atoms with E-state index in [1.165, 1.54) is 0 Å². The lowest BCUT2D eigenvalue weighted by Crippen LogP contribution is -2.26. The third-order valence-corrected chi connectivity index (χ3v) is 2.71. The fraction of sp³-hybridized carbons (Fsp3) is 0.800. The number of hydrogen-bond acceptors (Lipinski definition) is 2. The van der Waals surface area contributed by atoms with Crippen molar-refractivity contribution in [3.8, 4) is 0 Å². The minimum Gasteiger partial charge on any atom is -0.393 e. The van der Waals surface area contributed by atoms with Crippen molar-refractivity contribution >= 4 is 23.1 Å². The van der Waals surface area contributed by atoms with E-state index in [2.05, 4.69) is 6.92 Å². The number of rotatable bonds is 5. The van der Waals surface area contributed by atoms with Crippen molar-refractivity contribution in [2.45, 2.75) is 32.6 Å². The topological polar surface area (TPSA) is 46.3 Å². The maximum atomic E-state index is 11.4. The molecular formula is C10H18N2OS. The Bertz CT molecular complexity index is 230. The zero-order valence-corrected chi connectivity index (χ0v) is 9.48. The number of hydrogen-bond donors (Lipinski definition) is 1. The molecule has 1 aliphatic rings. The molecule has 0 aliphatic carbocycles. The van der Waals surface area contributed by atoms with Gasteiger partial charge in [0, 0.05) is 19.5 Å². The highest BCUT2D eigenvalue weighted by molar-refractivity contribution is 7.80. The van der Waals surface area contributed by atoms with Crippen molar-refractivity contribution in [1.29, 1.82) is 0 Å². The van der Waals surface area contributed by atoms with Gasteiger partial charge in [0.1, 0.15) is 0 Å². The fourth-order valence-corrected chi connectivity index (χ4v) is 1.93. The average Bonchev–Trinajstić information content (AvgIpc) is 2.39. The van der Waals surface area contributed by atoms with E-state index < -0.39 is 0 Å². The first-order valence-corrected chi connectivity index (χ1v) is 5.56. The highest BCUT2D eigenvalue weighted by Crippen LogP contribution is 2.17.